The standard InChI is InChI=1S/C23H29N5O2.C19H22BClN4O2.C14H12BBrClN3O/c1-15(30)23(2,3)24-13-17-12-19-21(25-17)26-20(16-8-5-4-6-9-16)27-22(19)28-11-7-10-18(28)14-29;1-12(26)19(2,3)22-11-14-10-15-16(21)23-17(13-8-6-5-7-9-13)24-18(15)25(14)20(4)27;1-15(21)20-10(8-16)7-11-12(17)18-13(19-14(11)20)9-5-3-2-4-6-9/h4-6,8-9,12,18,24,29H,7,10-11,13-14H2,1-3H3,(H,25,26,27);5-10,22,27H,11H2,1-4H3;2-7,21H,8H2,1H3/t18-;;/m1../s1. The van der Waals surface area contributed by atoms with Crippen molar-refractivity contribution in [3.8, 4) is 34.2 Å². The summed E-state index contributed by atoms with van der Waals surface area (Å²) in [5.74, 6) is 2.68. The number of anilines is 1. The fourth-order valence-electron chi connectivity index (χ4n) is 8.99. The third kappa shape index (κ3) is 12.9. The van der Waals surface area contributed by atoms with Gasteiger partial charge in [0.15, 0.2) is 17.5 Å². The van der Waals surface area contributed by atoms with Gasteiger partial charge in [0, 0.05) is 58.7 Å². The van der Waals surface area contributed by atoms with Gasteiger partial charge in [-0.25, -0.2) is 29.9 Å². The van der Waals surface area contributed by atoms with Gasteiger partial charge in [0.05, 0.1) is 39.9 Å². The molecule has 0 radical (unpaired) electrons. The van der Waals surface area contributed by atoms with E-state index in [1.807, 2.05) is 131 Å². The van der Waals surface area contributed by atoms with E-state index in [0.717, 1.165) is 75.4 Å². The fraction of sp³-hybridized carbons (Fsp3) is 0.321. The normalized spacial score (nSPS) is 13.6. The average Bonchev–Trinajstić information content (AvgIpc) is 4.34. The number of alkyl halides is 1. The van der Waals surface area contributed by atoms with Crippen molar-refractivity contribution in [2.45, 2.75) is 104 Å². The van der Waals surface area contributed by atoms with Crippen LogP contribution in [0.1, 0.15) is 71.5 Å². The molecule has 1 aliphatic heterocycles. The summed E-state index contributed by atoms with van der Waals surface area (Å²) in [6.45, 7) is 15.8. The Bertz CT molecular complexity index is 3560. The Hall–Kier alpha value is -6.35. The van der Waals surface area contributed by atoms with Gasteiger partial charge in [-0.05, 0) is 86.2 Å². The number of halogens is 3. The molecule has 1 atom stereocenters. The topological polar surface area (TPSA) is 225 Å². The number of carbonyl (C=O) groups is 2. The molecule has 6 aromatic heterocycles. The maximum Gasteiger partial charge on any atom is 0.415 e. The van der Waals surface area contributed by atoms with E-state index in [1.54, 1.807) is 36.4 Å². The summed E-state index contributed by atoms with van der Waals surface area (Å²) < 4.78 is 3.46. The van der Waals surface area contributed by atoms with E-state index in [9.17, 15) is 24.7 Å². The van der Waals surface area contributed by atoms with Crippen LogP contribution in [0.15, 0.2) is 109 Å². The van der Waals surface area contributed by atoms with Crippen LogP contribution >= 0.6 is 39.1 Å². The minimum absolute atomic E-state index is 0.0337. The number of aliphatic hydroxyl groups excluding tert-OH is 1. The number of hydrogen-bond donors (Lipinski definition) is 6. The van der Waals surface area contributed by atoms with Crippen molar-refractivity contribution in [3.05, 3.63) is 137 Å². The first kappa shape index (κ1) is 57.8. The van der Waals surface area contributed by atoms with Gasteiger partial charge in [0.1, 0.15) is 44.6 Å². The summed E-state index contributed by atoms with van der Waals surface area (Å²) >= 11 is 16.1. The van der Waals surface area contributed by atoms with Crippen molar-refractivity contribution in [3.63, 3.8) is 0 Å². The molecule has 404 valence electrons. The molecule has 3 aromatic carbocycles. The van der Waals surface area contributed by atoms with E-state index in [0.29, 0.717) is 62.9 Å². The van der Waals surface area contributed by atoms with Crippen molar-refractivity contribution in [2.75, 3.05) is 18.1 Å². The number of fused-ring (bicyclic) bond motifs is 3. The molecule has 17 nitrogen and oxygen atoms in total. The van der Waals surface area contributed by atoms with Crippen LogP contribution in [0.25, 0.3) is 67.3 Å². The van der Waals surface area contributed by atoms with Crippen LogP contribution in [-0.4, -0.2) is 115 Å². The zero-order valence-corrected chi connectivity index (χ0v) is 48.0. The highest BCUT2D eigenvalue weighted by atomic mass is 79.9. The first-order valence-electron chi connectivity index (χ1n) is 25.7. The van der Waals surface area contributed by atoms with Gasteiger partial charge in [-0.1, -0.05) is 130 Å². The number of aromatic amines is 1. The summed E-state index contributed by atoms with van der Waals surface area (Å²) in [6, 6.07) is 35.0. The molecule has 1 saturated heterocycles. The van der Waals surface area contributed by atoms with E-state index in [4.69, 9.17) is 33.2 Å². The molecule has 0 aliphatic carbocycles. The minimum atomic E-state index is -0.811. The second kappa shape index (κ2) is 24.8. The predicted octanol–water partition coefficient (Wildman–Crippen LogP) is 9.82. The van der Waals surface area contributed by atoms with E-state index in [-0.39, 0.29) is 24.2 Å². The number of benzene rings is 3. The molecule has 10 rings (SSSR count). The highest BCUT2D eigenvalue weighted by Crippen LogP contribution is 2.34. The lowest BCUT2D eigenvalue weighted by Crippen LogP contribution is -2.45. The van der Waals surface area contributed by atoms with Gasteiger partial charge in [0.25, 0.3) is 0 Å². The Labute approximate surface area is 472 Å². The van der Waals surface area contributed by atoms with E-state index in [2.05, 4.69) is 62.4 Å². The molecule has 1 aliphatic rings. The fourth-order valence-corrected chi connectivity index (χ4v) is 9.86. The molecule has 78 heavy (non-hydrogen) atoms. The Kier molecular flexibility index (Phi) is 18.4. The maximum atomic E-state index is 11.8. The monoisotopic (exact) mass is 1150 g/mol. The van der Waals surface area contributed by atoms with Crippen LogP contribution in [0.3, 0.4) is 0 Å². The van der Waals surface area contributed by atoms with Crippen molar-refractivity contribution in [1.29, 1.82) is 0 Å². The van der Waals surface area contributed by atoms with Crippen LogP contribution in [0.4, 0.5) is 5.82 Å². The van der Waals surface area contributed by atoms with Gasteiger partial charge in [-0.3, -0.25) is 20.2 Å². The number of Topliss-reactive ketones (excluding diaryl/α,β-unsaturated/α-hetero) is 2. The lowest BCUT2D eigenvalue weighted by Gasteiger charge is -2.25. The molecular formula is C56H63B2BrCl2N12O5. The Morgan fingerprint density at radius 2 is 1.12 bits per heavy atom. The summed E-state index contributed by atoms with van der Waals surface area (Å²) in [5, 5.41) is 40.4. The van der Waals surface area contributed by atoms with Crippen molar-refractivity contribution < 1.29 is 24.7 Å². The predicted molar refractivity (Wildman–Crippen MR) is 317 cm³/mol. The number of ketones is 2. The molecule has 1 fully saturated rings. The molecule has 0 spiro atoms. The number of hydrogen-bond acceptors (Lipinski definition) is 14. The molecule has 0 amide bonds. The largest absolute Gasteiger partial charge is 0.432 e. The third-order valence-electron chi connectivity index (χ3n) is 14.0. The summed E-state index contributed by atoms with van der Waals surface area (Å²) in [4.78, 5) is 56.9. The van der Waals surface area contributed by atoms with E-state index < -0.39 is 25.2 Å². The highest BCUT2D eigenvalue weighted by Gasteiger charge is 2.30. The molecule has 9 aromatic rings. The zero-order valence-electron chi connectivity index (χ0n) is 44.9. The Balaban J connectivity index is 0.000000157. The van der Waals surface area contributed by atoms with Crippen LogP contribution in [-0.2, 0) is 28.0 Å². The van der Waals surface area contributed by atoms with Crippen molar-refractivity contribution in [2.24, 2.45) is 0 Å². The maximum absolute atomic E-state index is 11.8. The molecule has 6 N–H and O–H groups in total. The van der Waals surface area contributed by atoms with Gasteiger partial charge in [-0.2, -0.15) is 0 Å². The number of nitrogens with one attached hydrogen (secondary N) is 3. The SMILES string of the molecule is CB(O)n1c(CBr)cc2c(Cl)nc(-c3ccccc3)nc21.CB(O)n1c(CNC(C)(C)C(C)=O)cc2c(Cl)nc(-c3ccccc3)nc21.CC(=O)C(C)(C)NCc1cc2c(N3CCC[C@@H]3CO)nc(-c3ccccc3)nc2[nH]1. The number of nitrogens with zero attached hydrogens (tertiary/aromatic N) is 9. The number of aliphatic hydroxyl groups is 1. The Morgan fingerprint density at radius 1 is 0.667 bits per heavy atom. The van der Waals surface area contributed by atoms with Gasteiger partial charge in [0.2, 0.25) is 0 Å². The van der Waals surface area contributed by atoms with Crippen LogP contribution in [0, 0.1) is 0 Å². The summed E-state index contributed by atoms with van der Waals surface area (Å²) in [5.41, 5.74) is 5.99. The summed E-state index contributed by atoms with van der Waals surface area (Å²) in [7, 11) is -1.50. The summed E-state index contributed by atoms with van der Waals surface area (Å²) in [6.07, 6.45) is 1.98. The number of rotatable bonds is 16. The second-order valence-electron chi connectivity index (χ2n) is 20.3. The average molecular weight is 1160 g/mol. The van der Waals surface area contributed by atoms with Crippen LogP contribution in [0.2, 0.25) is 24.0 Å². The molecule has 0 unspecified atom stereocenters. The first-order chi connectivity index (χ1) is 37.2. The molecule has 22 heteroatoms. The van der Waals surface area contributed by atoms with Crippen LogP contribution < -0.4 is 15.5 Å². The molecule has 0 bridgehead atoms. The third-order valence-corrected chi connectivity index (χ3v) is 15.2. The molecule has 0 saturated carbocycles. The molecular weight excluding hydrogens is 1090 g/mol. The lowest BCUT2D eigenvalue weighted by molar-refractivity contribution is -0.122. The van der Waals surface area contributed by atoms with Crippen LogP contribution in [0.5, 0.6) is 0 Å². The van der Waals surface area contributed by atoms with E-state index >= 15 is 0 Å². The van der Waals surface area contributed by atoms with Crippen molar-refractivity contribution in [1.82, 2.24) is 54.5 Å². The number of H-pyrrole nitrogens is 1. The van der Waals surface area contributed by atoms with Gasteiger partial charge >= 0.3 is 14.1 Å². The lowest BCUT2D eigenvalue weighted by atomic mass is 9.87. The highest BCUT2D eigenvalue weighted by molar-refractivity contribution is 9.08. The number of carbonyl (C=O) groups excluding carboxylic acids is 2. The van der Waals surface area contributed by atoms with E-state index in [1.165, 1.54) is 0 Å². The first-order valence-corrected chi connectivity index (χ1v) is 27.6. The van der Waals surface area contributed by atoms with Gasteiger partial charge < -0.3 is 34.0 Å². The molecule has 7 heterocycles. The smallest absolute Gasteiger partial charge is 0.415 e. The minimum Gasteiger partial charge on any atom is -0.432 e. The second-order valence-corrected chi connectivity index (χ2v) is 21.6. The Morgan fingerprint density at radius 3 is 1.56 bits per heavy atom. The quantitative estimate of drug-likeness (QED) is 0.0301. The van der Waals surface area contributed by atoms with Gasteiger partial charge in [-0.15, -0.1) is 0 Å². The van der Waals surface area contributed by atoms with Crippen molar-refractivity contribution >= 4 is 104 Å². The number of aromatic nitrogens is 9. The zero-order chi connectivity index (χ0) is 56.1.